The first-order valence-electron chi connectivity index (χ1n) is 6.69. The van der Waals surface area contributed by atoms with Crippen molar-refractivity contribution >= 4 is 44.9 Å². The molecule has 0 radical (unpaired) electrons. The number of hydrogen-bond acceptors (Lipinski definition) is 6. The number of aromatic nitrogens is 2. The lowest BCUT2D eigenvalue weighted by Crippen LogP contribution is -2.29. The molecule has 8 heteroatoms. The summed E-state index contributed by atoms with van der Waals surface area (Å²) in [4.78, 5) is 30.6. The van der Waals surface area contributed by atoms with E-state index in [4.69, 9.17) is 5.11 Å². The Morgan fingerprint density at radius 1 is 1.13 bits per heavy atom. The molecule has 0 spiro atoms. The Hall–Kier alpha value is -3.00. The van der Waals surface area contributed by atoms with Crippen molar-refractivity contribution in [2.24, 2.45) is 0 Å². The van der Waals surface area contributed by atoms with E-state index in [-0.39, 0.29) is 0 Å². The van der Waals surface area contributed by atoms with E-state index in [1.165, 1.54) is 6.33 Å². The second-order valence-electron chi connectivity index (χ2n) is 4.64. The van der Waals surface area contributed by atoms with Crippen molar-refractivity contribution in [2.75, 3.05) is 11.9 Å². The fourth-order valence-corrected chi connectivity index (χ4v) is 2.77. The third-order valence-corrected chi connectivity index (χ3v) is 3.96. The van der Waals surface area contributed by atoms with E-state index in [1.807, 2.05) is 11.4 Å². The van der Waals surface area contributed by atoms with E-state index in [0.29, 0.717) is 11.4 Å². The van der Waals surface area contributed by atoms with E-state index >= 15 is 0 Å². The average Bonchev–Trinajstić information content (AvgIpc) is 3.03. The molecule has 2 aromatic heterocycles. The summed E-state index contributed by atoms with van der Waals surface area (Å²) < 4.78 is 0.954. The minimum atomic E-state index is -1.08. The predicted octanol–water partition coefficient (Wildman–Crippen LogP) is 2.25. The van der Waals surface area contributed by atoms with Gasteiger partial charge in [-0.15, -0.1) is 11.3 Å². The number of anilines is 2. The summed E-state index contributed by atoms with van der Waals surface area (Å²) in [7, 11) is 0. The van der Waals surface area contributed by atoms with Crippen LogP contribution in [-0.4, -0.2) is 33.5 Å². The van der Waals surface area contributed by atoms with Crippen LogP contribution in [0.3, 0.4) is 0 Å². The first-order valence-corrected chi connectivity index (χ1v) is 7.57. The molecule has 0 aliphatic rings. The van der Waals surface area contributed by atoms with Crippen LogP contribution in [0.15, 0.2) is 42.0 Å². The highest BCUT2D eigenvalue weighted by atomic mass is 32.1. The molecule has 7 nitrogen and oxygen atoms in total. The first kappa shape index (κ1) is 14.9. The van der Waals surface area contributed by atoms with Gasteiger partial charge in [0.05, 0.1) is 10.2 Å². The summed E-state index contributed by atoms with van der Waals surface area (Å²) in [5, 5.41) is 16.0. The lowest BCUT2D eigenvalue weighted by molar-refractivity contribution is -0.135. The monoisotopic (exact) mass is 328 g/mol. The minimum absolute atomic E-state index is 0.390. The zero-order valence-corrected chi connectivity index (χ0v) is 12.6. The molecule has 0 aliphatic heterocycles. The molecule has 0 aliphatic carbocycles. The molecule has 1 amide bonds. The minimum Gasteiger partial charge on any atom is -0.480 e. The third-order valence-electron chi connectivity index (χ3n) is 3.05. The van der Waals surface area contributed by atoms with Crippen LogP contribution in [0.5, 0.6) is 0 Å². The standard InChI is InChI=1S/C15H12N4O3S/c20-12(21)7-16-15(22)9-1-3-10(4-2-9)19-14-13-11(5-6-23-13)17-8-18-14/h1-6,8H,7H2,(H,16,22)(H,20,21)(H,17,18,19). The number of thiophene rings is 1. The van der Waals surface area contributed by atoms with Gasteiger partial charge in [-0.2, -0.15) is 0 Å². The Labute approximate surface area is 135 Å². The third kappa shape index (κ3) is 3.43. The van der Waals surface area contributed by atoms with Crippen LogP contribution in [0.2, 0.25) is 0 Å². The number of nitrogens with zero attached hydrogens (tertiary/aromatic N) is 2. The van der Waals surface area contributed by atoms with Gasteiger partial charge in [-0.1, -0.05) is 0 Å². The van der Waals surface area contributed by atoms with Crippen molar-refractivity contribution in [1.82, 2.24) is 15.3 Å². The molecule has 0 bridgehead atoms. The van der Waals surface area contributed by atoms with E-state index in [1.54, 1.807) is 35.6 Å². The zero-order valence-electron chi connectivity index (χ0n) is 11.8. The molecule has 23 heavy (non-hydrogen) atoms. The number of carbonyl (C=O) groups excluding carboxylic acids is 1. The summed E-state index contributed by atoms with van der Waals surface area (Å²) in [5.41, 5.74) is 2.03. The molecule has 0 saturated carbocycles. The molecule has 2 heterocycles. The van der Waals surface area contributed by atoms with Gasteiger partial charge in [0.2, 0.25) is 0 Å². The summed E-state index contributed by atoms with van der Waals surface area (Å²) in [5.74, 6) is -0.810. The van der Waals surface area contributed by atoms with Gasteiger partial charge < -0.3 is 15.7 Å². The number of fused-ring (bicyclic) bond motifs is 1. The van der Waals surface area contributed by atoms with Crippen LogP contribution in [-0.2, 0) is 4.79 Å². The van der Waals surface area contributed by atoms with Gasteiger partial charge >= 0.3 is 5.97 Å². The summed E-state index contributed by atoms with van der Waals surface area (Å²) in [6, 6.07) is 8.62. The molecule has 0 unspecified atom stereocenters. The molecule has 3 aromatic rings. The van der Waals surface area contributed by atoms with Crippen LogP contribution < -0.4 is 10.6 Å². The smallest absolute Gasteiger partial charge is 0.322 e. The Kier molecular flexibility index (Phi) is 4.15. The Morgan fingerprint density at radius 3 is 2.65 bits per heavy atom. The van der Waals surface area contributed by atoms with Gasteiger partial charge in [0.25, 0.3) is 5.91 Å². The number of carboxylic acids is 1. The van der Waals surface area contributed by atoms with Crippen molar-refractivity contribution in [1.29, 1.82) is 0 Å². The van der Waals surface area contributed by atoms with Crippen molar-refractivity contribution in [2.45, 2.75) is 0 Å². The topological polar surface area (TPSA) is 104 Å². The van der Waals surface area contributed by atoms with E-state index in [9.17, 15) is 9.59 Å². The maximum Gasteiger partial charge on any atom is 0.322 e. The second kappa shape index (κ2) is 6.41. The van der Waals surface area contributed by atoms with Crippen molar-refractivity contribution < 1.29 is 14.7 Å². The fourth-order valence-electron chi connectivity index (χ4n) is 1.98. The maximum absolute atomic E-state index is 11.7. The molecule has 0 atom stereocenters. The lowest BCUT2D eigenvalue weighted by atomic mass is 10.2. The second-order valence-corrected chi connectivity index (χ2v) is 5.55. The number of aliphatic carboxylic acids is 1. The number of hydrogen-bond donors (Lipinski definition) is 3. The number of benzene rings is 1. The molecule has 3 N–H and O–H groups in total. The number of nitrogens with one attached hydrogen (secondary N) is 2. The number of carbonyl (C=O) groups is 2. The maximum atomic E-state index is 11.7. The molecule has 0 fully saturated rings. The largest absolute Gasteiger partial charge is 0.480 e. The van der Waals surface area contributed by atoms with Gasteiger partial charge in [0.15, 0.2) is 5.82 Å². The molecule has 1 aromatic carbocycles. The SMILES string of the molecule is O=C(O)CNC(=O)c1ccc(Nc2ncnc3ccsc23)cc1. The first-order chi connectivity index (χ1) is 11.1. The van der Waals surface area contributed by atoms with Crippen LogP contribution in [0.1, 0.15) is 10.4 Å². The van der Waals surface area contributed by atoms with Gasteiger partial charge in [-0.25, -0.2) is 9.97 Å². The van der Waals surface area contributed by atoms with Crippen molar-refractivity contribution in [3.8, 4) is 0 Å². The summed E-state index contributed by atoms with van der Waals surface area (Å²) >= 11 is 1.54. The highest BCUT2D eigenvalue weighted by Gasteiger charge is 2.08. The summed E-state index contributed by atoms with van der Waals surface area (Å²) in [6.45, 7) is -0.407. The van der Waals surface area contributed by atoms with Gasteiger partial charge in [0.1, 0.15) is 12.9 Å². The quantitative estimate of drug-likeness (QED) is 0.663. The van der Waals surface area contributed by atoms with Crippen LogP contribution in [0.25, 0.3) is 10.2 Å². The van der Waals surface area contributed by atoms with E-state index < -0.39 is 18.4 Å². The number of rotatable bonds is 5. The normalized spacial score (nSPS) is 10.4. The van der Waals surface area contributed by atoms with Crippen LogP contribution in [0.4, 0.5) is 11.5 Å². The molecular weight excluding hydrogens is 316 g/mol. The fraction of sp³-hybridized carbons (Fsp3) is 0.0667. The van der Waals surface area contributed by atoms with E-state index in [0.717, 1.165) is 15.9 Å². The Bertz CT molecular complexity index is 861. The molecule has 3 rings (SSSR count). The number of carboxylic acid groups (broad SMARTS) is 1. The average molecular weight is 328 g/mol. The van der Waals surface area contributed by atoms with Crippen molar-refractivity contribution in [3.05, 3.63) is 47.6 Å². The Balaban J connectivity index is 1.74. The summed E-state index contributed by atoms with van der Waals surface area (Å²) in [6.07, 6.45) is 1.49. The van der Waals surface area contributed by atoms with Gasteiger partial charge in [-0.3, -0.25) is 9.59 Å². The van der Waals surface area contributed by atoms with E-state index in [2.05, 4.69) is 20.6 Å². The molecule has 116 valence electrons. The van der Waals surface area contributed by atoms with Crippen LogP contribution in [0, 0.1) is 0 Å². The molecule has 0 saturated heterocycles. The lowest BCUT2D eigenvalue weighted by Gasteiger charge is -2.07. The van der Waals surface area contributed by atoms with Crippen LogP contribution >= 0.6 is 11.3 Å². The zero-order chi connectivity index (χ0) is 16.2. The van der Waals surface area contributed by atoms with Gasteiger partial charge in [0, 0.05) is 11.3 Å². The Morgan fingerprint density at radius 2 is 1.91 bits per heavy atom. The highest BCUT2D eigenvalue weighted by molar-refractivity contribution is 7.17. The van der Waals surface area contributed by atoms with Gasteiger partial charge in [-0.05, 0) is 35.7 Å². The molecular formula is C15H12N4O3S. The van der Waals surface area contributed by atoms with Crippen molar-refractivity contribution in [3.63, 3.8) is 0 Å². The predicted molar refractivity (Wildman–Crippen MR) is 87.1 cm³/mol. The highest BCUT2D eigenvalue weighted by Crippen LogP contribution is 2.27. The number of amides is 1.